The van der Waals surface area contributed by atoms with E-state index in [1.54, 1.807) is 65.4 Å². The predicted molar refractivity (Wildman–Crippen MR) is 177 cm³/mol. The minimum Gasteiger partial charge on any atom is -0.480 e. The Balaban J connectivity index is 1.78. The van der Waals surface area contributed by atoms with Crippen molar-refractivity contribution in [1.82, 2.24) is 9.71 Å². The van der Waals surface area contributed by atoms with Crippen molar-refractivity contribution in [3.63, 3.8) is 0 Å². The molecule has 246 valence electrons. The zero-order valence-corrected chi connectivity index (χ0v) is 28.3. The Bertz CT molecular complexity index is 1700. The van der Waals surface area contributed by atoms with Crippen LogP contribution in [0.3, 0.4) is 0 Å². The number of carboxylic acid groups (broad SMARTS) is 1. The number of carboxylic acids is 1. The Kier molecular flexibility index (Phi) is 10.6. The maximum Gasteiger partial charge on any atom is 0.416 e. The van der Waals surface area contributed by atoms with E-state index in [4.69, 9.17) is 4.74 Å². The van der Waals surface area contributed by atoms with Crippen molar-refractivity contribution in [3.8, 4) is 0 Å². The van der Waals surface area contributed by atoms with Crippen LogP contribution >= 0.6 is 11.8 Å². The molecule has 2 aromatic carbocycles. The van der Waals surface area contributed by atoms with Crippen LogP contribution in [-0.2, 0) is 26.0 Å². The van der Waals surface area contributed by atoms with Crippen LogP contribution in [0.5, 0.6) is 0 Å². The molecule has 2 heterocycles. The lowest BCUT2D eigenvalue weighted by atomic mass is 9.85. The van der Waals surface area contributed by atoms with Crippen molar-refractivity contribution in [3.05, 3.63) is 89.4 Å². The van der Waals surface area contributed by atoms with Gasteiger partial charge in [-0.3, -0.25) is 4.99 Å². The number of halogens is 1. The van der Waals surface area contributed by atoms with Crippen LogP contribution in [0.25, 0.3) is 0 Å². The standard InChI is InChI=1S/C33H39FN4O6S2/c1-32(2,3)28(30(39)40)38(31(41)44-33(4,5)6)27-9-7-8-25(36-27)26(37-46(42,43)24-16-14-23(34)15-17-24)20-21-10-12-22(13-11-21)29-35-18-19-45-29/h7-17,26,28,37H,18-20H2,1-6H3,(H,39,40). The number of aromatic nitrogens is 1. The first-order chi connectivity index (χ1) is 21.4. The minimum absolute atomic E-state index is 0.0216. The summed E-state index contributed by atoms with van der Waals surface area (Å²) in [6, 6.07) is 14.4. The van der Waals surface area contributed by atoms with E-state index in [0.29, 0.717) is 0 Å². The number of hydrogen-bond donors (Lipinski definition) is 2. The van der Waals surface area contributed by atoms with Gasteiger partial charge in [-0.1, -0.05) is 51.1 Å². The van der Waals surface area contributed by atoms with E-state index >= 15 is 0 Å². The zero-order chi connectivity index (χ0) is 33.9. The highest BCUT2D eigenvalue weighted by atomic mass is 32.2. The van der Waals surface area contributed by atoms with Gasteiger partial charge in [0.2, 0.25) is 10.0 Å². The highest BCUT2D eigenvalue weighted by Gasteiger charge is 2.43. The van der Waals surface area contributed by atoms with Gasteiger partial charge in [-0.2, -0.15) is 0 Å². The summed E-state index contributed by atoms with van der Waals surface area (Å²) in [5, 5.41) is 11.2. The van der Waals surface area contributed by atoms with Crippen molar-refractivity contribution < 1.29 is 32.2 Å². The molecule has 1 aromatic heterocycles. The highest BCUT2D eigenvalue weighted by Crippen LogP contribution is 2.32. The Morgan fingerprint density at radius 1 is 1.02 bits per heavy atom. The summed E-state index contributed by atoms with van der Waals surface area (Å²) >= 11 is 1.67. The topological polar surface area (TPSA) is 138 Å². The molecule has 0 saturated heterocycles. The Labute approximate surface area is 273 Å². The van der Waals surface area contributed by atoms with Crippen LogP contribution in [0.1, 0.15) is 64.4 Å². The number of thioether (sulfide) groups is 1. The lowest BCUT2D eigenvalue weighted by Crippen LogP contribution is -2.54. The van der Waals surface area contributed by atoms with Crippen molar-refractivity contribution in [2.24, 2.45) is 10.4 Å². The second-order valence-corrected chi connectivity index (χ2v) is 15.7. The smallest absolute Gasteiger partial charge is 0.416 e. The summed E-state index contributed by atoms with van der Waals surface area (Å²) < 4.78 is 48.9. The fraction of sp³-hybridized carbons (Fsp3) is 0.394. The van der Waals surface area contributed by atoms with Gasteiger partial charge in [0.15, 0.2) is 0 Å². The summed E-state index contributed by atoms with van der Waals surface area (Å²) in [4.78, 5) is 36.2. The first-order valence-corrected chi connectivity index (χ1v) is 17.2. The van der Waals surface area contributed by atoms with Gasteiger partial charge in [-0.05, 0) is 74.6 Å². The van der Waals surface area contributed by atoms with Crippen molar-refractivity contribution in [2.75, 3.05) is 17.2 Å². The predicted octanol–water partition coefficient (Wildman–Crippen LogP) is 6.22. The number of anilines is 1. The van der Waals surface area contributed by atoms with Crippen LogP contribution in [-0.4, -0.2) is 59.6 Å². The number of carbonyl (C=O) groups excluding carboxylic acids is 1. The SMILES string of the molecule is CC(C)(C)OC(=O)N(c1cccc(C(Cc2ccc(C3=NCCS3)cc2)NS(=O)(=O)c2ccc(F)cc2)n1)C(C(=O)O)C(C)(C)C. The van der Waals surface area contributed by atoms with Gasteiger partial charge >= 0.3 is 12.1 Å². The van der Waals surface area contributed by atoms with Crippen molar-refractivity contribution in [1.29, 1.82) is 0 Å². The maximum absolute atomic E-state index is 13.6. The summed E-state index contributed by atoms with van der Waals surface area (Å²) in [5.41, 5.74) is 0.108. The fourth-order valence-corrected chi connectivity index (χ4v) is 6.95. The van der Waals surface area contributed by atoms with Crippen LogP contribution in [0.4, 0.5) is 15.0 Å². The number of benzene rings is 2. The van der Waals surface area contributed by atoms with E-state index < -0.39 is 51.0 Å². The fourth-order valence-electron chi connectivity index (χ4n) is 4.88. The van der Waals surface area contributed by atoms with E-state index in [2.05, 4.69) is 14.7 Å². The molecule has 1 aliphatic rings. The molecule has 1 aliphatic heterocycles. The first-order valence-electron chi connectivity index (χ1n) is 14.7. The molecule has 4 rings (SSSR count). The molecule has 3 aromatic rings. The van der Waals surface area contributed by atoms with E-state index in [9.17, 15) is 27.5 Å². The number of carbonyl (C=O) groups is 2. The van der Waals surface area contributed by atoms with Gasteiger partial charge in [0.25, 0.3) is 0 Å². The number of aliphatic imine (C=N–C) groups is 1. The van der Waals surface area contributed by atoms with E-state index in [1.165, 1.54) is 18.2 Å². The summed E-state index contributed by atoms with van der Waals surface area (Å²) in [7, 11) is -4.17. The number of hydrogen-bond acceptors (Lipinski definition) is 8. The Morgan fingerprint density at radius 2 is 1.67 bits per heavy atom. The lowest BCUT2D eigenvalue weighted by molar-refractivity contribution is -0.141. The van der Waals surface area contributed by atoms with E-state index in [1.807, 2.05) is 24.3 Å². The number of amides is 1. The minimum atomic E-state index is -4.17. The molecular formula is C33H39FN4O6S2. The first kappa shape index (κ1) is 35.1. The molecule has 1 amide bonds. The number of nitrogens with zero attached hydrogens (tertiary/aromatic N) is 3. The summed E-state index contributed by atoms with van der Waals surface area (Å²) in [5.74, 6) is -0.940. The molecule has 0 fully saturated rings. The molecule has 2 unspecified atom stereocenters. The zero-order valence-electron chi connectivity index (χ0n) is 26.7. The lowest BCUT2D eigenvalue weighted by Gasteiger charge is -2.37. The third kappa shape index (κ3) is 8.92. The number of ether oxygens (including phenoxy) is 1. The summed E-state index contributed by atoms with van der Waals surface area (Å²) in [6.45, 7) is 10.8. The van der Waals surface area contributed by atoms with Gasteiger partial charge in [0.1, 0.15) is 23.3 Å². The Hall–Kier alpha value is -3.81. The normalized spacial score (nSPS) is 15.2. The second kappa shape index (κ2) is 13.9. The molecule has 0 bridgehead atoms. The van der Waals surface area contributed by atoms with Gasteiger partial charge in [0.05, 0.1) is 21.7 Å². The number of rotatable bonds is 10. The van der Waals surface area contributed by atoms with Crippen molar-refractivity contribution in [2.45, 2.75) is 70.5 Å². The summed E-state index contributed by atoms with van der Waals surface area (Å²) in [6.07, 6.45) is -0.753. The monoisotopic (exact) mass is 670 g/mol. The molecule has 13 heteroatoms. The maximum atomic E-state index is 13.6. The molecule has 2 N–H and O–H groups in total. The van der Waals surface area contributed by atoms with Gasteiger partial charge < -0.3 is 9.84 Å². The van der Waals surface area contributed by atoms with Crippen LogP contribution < -0.4 is 9.62 Å². The third-order valence-corrected chi connectivity index (χ3v) is 9.42. The van der Waals surface area contributed by atoms with E-state index in [-0.39, 0.29) is 22.8 Å². The number of nitrogens with one attached hydrogen (secondary N) is 1. The average molecular weight is 671 g/mol. The molecule has 46 heavy (non-hydrogen) atoms. The van der Waals surface area contributed by atoms with Crippen LogP contribution in [0, 0.1) is 11.2 Å². The molecule has 0 spiro atoms. The Morgan fingerprint density at radius 3 is 2.22 bits per heavy atom. The highest BCUT2D eigenvalue weighted by molar-refractivity contribution is 8.14. The largest absolute Gasteiger partial charge is 0.480 e. The van der Waals surface area contributed by atoms with Crippen molar-refractivity contribution >= 4 is 44.7 Å². The third-order valence-electron chi connectivity index (χ3n) is 6.91. The number of aliphatic carboxylic acids is 1. The molecule has 2 atom stereocenters. The molecule has 0 radical (unpaired) electrons. The molecule has 10 nitrogen and oxygen atoms in total. The molecular weight excluding hydrogens is 632 g/mol. The van der Waals surface area contributed by atoms with Gasteiger partial charge in [0, 0.05) is 17.9 Å². The molecule has 0 saturated carbocycles. The number of pyridine rings is 1. The second-order valence-electron chi connectivity index (χ2n) is 12.9. The quantitative estimate of drug-likeness (QED) is 0.260. The van der Waals surface area contributed by atoms with Crippen LogP contribution in [0.15, 0.2) is 76.6 Å². The molecule has 0 aliphatic carbocycles. The average Bonchev–Trinajstić information content (AvgIpc) is 3.49. The van der Waals surface area contributed by atoms with Gasteiger partial charge in [-0.25, -0.2) is 37.0 Å². The number of sulfonamides is 1. The van der Waals surface area contributed by atoms with E-state index in [0.717, 1.165) is 45.5 Å². The van der Waals surface area contributed by atoms with Gasteiger partial charge in [-0.15, -0.1) is 11.8 Å². The van der Waals surface area contributed by atoms with Crippen LogP contribution in [0.2, 0.25) is 0 Å².